The van der Waals surface area contributed by atoms with Gasteiger partial charge in [0.2, 0.25) is 5.95 Å². The first-order valence-electron chi connectivity index (χ1n) is 10.1. The first-order valence-corrected chi connectivity index (χ1v) is 10.1. The van der Waals surface area contributed by atoms with Crippen LogP contribution >= 0.6 is 0 Å². The van der Waals surface area contributed by atoms with E-state index in [0.29, 0.717) is 30.4 Å². The highest BCUT2D eigenvalue weighted by Gasteiger charge is 2.23. The van der Waals surface area contributed by atoms with Crippen molar-refractivity contribution < 1.29 is 9.84 Å². The number of hydrogen-bond acceptors (Lipinski definition) is 6. The number of aryl methyl sites for hydroxylation is 2. The molecule has 0 saturated carbocycles. The van der Waals surface area contributed by atoms with Crippen molar-refractivity contribution in [1.29, 1.82) is 0 Å². The second-order valence-electron chi connectivity index (χ2n) is 7.35. The molecule has 1 unspecified atom stereocenters. The van der Waals surface area contributed by atoms with Crippen molar-refractivity contribution in [2.45, 2.75) is 33.4 Å². The zero-order chi connectivity index (χ0) is 22.0. The number of aliphatic hydroxyl groups is 1. The summed E-state index contributed by atoms with van der Waals surface area (Å²) >= 11 is 0. The van der Waals surface area contributed by atoms with Crippen LogP contribution in [0.15, 0.2) is 33.9 Å². The fourth-order valence-corrected chi connectivity index (χ4v) is 3.45. The van der Waals surface area contributed by atoms with Gasteiger partial charge in [-0.3, -0.25) is 13.9 Å². The van der Waals surface area contributed by atoms with Crippen LogP contribution in [0.2, 0.25) is 0 Å². The van der Waals surface area contributed by atoms with E-state index in [0.717, 1.165) is 10.1 Å². The topological polar surface area (TPSA) is 94.5 Å². The lowest BCUT2D eigenvalue weighted by Gasteiger charge is -2.22. The van der Waals surface area contributed by atoms with E-state index in [2.05, 4.69) is 4.98 Å². The van der Waals surface area contributed by atoms with E-state index in [4.69, 9.17) is 4.74 Å². The number of anilines is 1. The van der Waals surface area contributed by atoms with Crippen molar-refractivity contribution in [3.05, 3.63) is 50.7 Å². The van der Waals surface area contributed by atoms with Gasteiger partial charge in [0, 0.05) is 27.2 Å². The van der Waals surface area contributed by atoms with Gasteiger partial charge in [0.1, 0.15) is 18.5 Å². The zero-order valence-corrected chi connectivity index (χ0v) is 18.1. The number of fused-ring (bicyclic) bond motifs is 1. The van der Waals surface area contributed by atoms with Crippen LogP contribution in [0, 0.1) is 6.92 Å². The predicted molar refractivity (Wildman–Crippen MR) is 116 cm³/mol. The summed E-state index contributed by atoms with van der Waals surface area (Å²) in [6.45, 7) is 7.48. The first-order chi connectivity index (χ1) is 14.3. The van der Waals surface area contributed by atoms with E-state index in [1.807, 2.05) is 49.9 Å². The second-order valence-corrected chi connectivity index (χ2v) is 7.35. The van der Waals surface area contributed by atoms with Crippen molar-refractivity contribution >= 4 is 17.1 Å². The molecule has 9 heteroatoms. The van der Waals surface area contributed by atoms with Crippen LogP contribution in [0.25, 0.3) is 11.2 Å². The van der Waals surface area contributed by atoms with Crippen LogP contribution in [-0.2, 0) is 20.6 Å². The number of hydrogen-bond donors (Lipinski definition) is 1. The maximum absolute atomic E-state index is 12.9. The lowest BCUT2D eigenvalue weighted by molar-refractivity contribution is 0.0936. The summed E-state index contributed by atoms with van der Waals surface area (Å²) in [7, 11) is 3.03. The molecular weight excluding hydrogens is 386 g/mol. The first kappa shape index (κ1) is 21.6. The lowest BCUT2D eigenvalue weighted by Crippen LogP contribution is -2.38. The monoisotopic (exact) mass is 415 g/mol. The van der Waals surface area contributed by atoms with Gasteiger partial charge >= 0.3 is 5.69 Å². The van der Waals surface area contributed by atoms with E-state index in [9.17, 15) is 14.7 Å². The van der Waals surface area contributed by atoms with E-state index in [-0.39, 0.29) is 18.7 Å². The Kier molecular flexibility index (Phi) is 6.31. The van der Waals surface area contributed by atoms with Gasteiger partial charge in [0.15, 0.2) is 11.2 Å². The molecule has 3 aromatic rings. The Labute approximate surface area is 174 Å². The molecule has 0 spiro atoms. The van der Waals surface area contributed by atoms with E-state index in [1.54, 1.807) is 11.6 Å². The fourth-order valence-electron chi connectivity index (χ4n) is 3.45. The third kappa shape index (κ3) is 3.97. The summed E-state index contributed by atoms with van der Waals surface area (Å²) in [5.74, 6) is 1.21. The lowest BCUT2D eigenvalue weighted by atomic mass is 10.2. The van der Waals surface area contributed by atoms with E-state index < -0.39 is 17.4 Å². The zero-order valence-electron chi connectivity index (χ0n) is 18.1. The summed E-state index contributed by atoms with van der Waals surface area (Å²) in [6.07, 6.45) is -0.875. The Morgan fingerprint density at radius 3 is 2.33 bits per heavy atom. The van der Waals surface area contributed by atoms with Gasteiger partial charge in [-0.25, -0.2) is 4.79 Å². The summed E-state index contributed by atoms with van der Waals surface area (Å²) in [5.41, 5.74) is 0.836. The minimum Gasteiger partial charge on any atom is -0.491 e. The SMILES string of the molecule is CCN(CC)c1nc2c(c(=O)n(C)c(=O)n2C)n1CC(O)COc1ccc(C)cc1. The molecule has 1 aromatic carbocycles. The molecule has 0 amide bonds. The molecule has 0 aliphatic carbocycles. The predicted octanol–water partition coefficient (Wildman–Crippen LogP) is 1.03. The molecule has 0 fully saturated rings. The maximum Gasteiger partial charge on any atom is 0.332 e. The standard InChI is InChI=1S/C21H29N5O4/c1-6-25(7-2)20-22-18-17(19(28)24(5)21(29)23(18)4)26(20)12-15(27)13-30-16-10-8-14(3)9-11-16/h8-11,15,27H,6-7,12-13H2,1-5H3. The summed E-state index contributed by atoms with van der Waals surface area (Å²) < 4.78 is 9.80. The number of nitrogens with zero attached hydrogens (tertiary/aromatic N) is 5. The fraction of sp³-hybridized carbons (Fsp3) is 0.476. The number of aliphatic hydroxyl groups excluding tert-OH is 1. The van der Waals surface area contributed by atoms with Crippen LogP contribution in [0.5, 0.6) is 5.75 Å². The number of rotatable bonds is 8. The Bertz CT molecular complexity index is 1140. The van der Waals surface area contributed by atoms with Crippen molar-refractivity contribution in [3.63, 3.8) is 0 Å². The number of imidazole rings is 1. The molecule has 0 aliphatic heterocycles. The van der Waals surface area contributed by atoms with Gasteiger partial charge in [0.05, 0.1) is 6.54 Å². The van der Waals surface area contributed by atoms with Crippen LogP contribution in [0.3, 0.4) is 0 Å². The minimum atomic E-state index is -0.875. The highest BCUT2D eigenvalue weighted by atomic mass is 16.5. The minimum absolute atomic E-state index is 0.0620. The van der Waals surface area contributed by atoms with Gasteiger partial charge in [0.25, 0.3) is 5.56 Å². The summed E-state index contributed by atoms with van der Waals surface area (Å²) in [6, 6.07) is 7.57. The average Bonchev–Trinajstić information content (AvgIpc) is 3.10. The van der Waals surface area contributed by atoms with Crippen molar-refractivity contribution in [3.8, 4) is 5.75 Å². The molecule has 1 N–H and O–H groups in total. The molecule has 3 rings (SSSR count). The van der Waals surface area contributed by atoms with Crippen LogP contribution < -0.4 is 20.9 Å². The number of ether oxygens (including phenoxy) is 1. The van der Waals surface area contributed by atoms with Gasteiger partial charge in [-0.05, 0) is 32.9 Å². The molecule has 0 aliphatic rings. The highest BCUT2D eigenvalue weighted by Crippen LogP contribution is 2.20. The van der Waals surface area contributed by atoms with Crippen LogP contribution in [0.1, 0.15) is 19.4 Å². The molecule has 2 heterocycles. The molecule has 1 atom stereocenters. The molecule has 2 aromatic heterocycles. The third-order valence-electron chi connectivity index (χ3n) is 5.23. The number of aromatic nitrogens is 4. The largest absolute Gasteiger partial charge is 0.491 e. The molecule has 162 valence electrons. The Hall–Kier alpha value is -3.07. The smallest absolute Gasteiger partial charge is 0.332 e. The summed E-state index contributed by atoms with van der Waals surface area (Å²) in [5, 5.41) is 10.7. The second kappa shape index (κ2) is 8.74. The highest BCUT2D eigenvalue weighted by molar-refractivity contribution is 5.74. The quantitative estimate of drug-likeness (QED) is 0.591. The van der Waals surface area contributed by atoms with Gasteiger partial charge in [-0.1, -0.05) is 17.7 Å². The third-order valence-corrected chi connectivity index (χ3v) is 5.23. The van der Waals surface area contributed by atoms with Crippen molar-refractivity contribution in [2.75, 3.05) is 24.6 Å². The Balaban J connectivity index is 1.99. The normalized spacial score (nSPS) is 12.3. The molecule has 0 radical (unpaired) electrons. The number of benzene rings is 1. The Morgan fingerprint density at radius 1 is 1.10 bits per heavy atom. The van der Waals surface area contributed by atoms with Crippen molar-refractivity contribution in [2.24, 2.45) is 14.1 Å². The maximum atomic E-state index is 12.9. The molecule has 9 nitrogen and oxygen atoms in total. The van der Waals surface area contributed by atoms with Gasteiger partial charge in [-0.15, -0.1) is 0 Å². The molecular formula is C21H29N5O4. The molecule has 0 saturated heterocycles. The van der Waals surface area contributed by atoms with E-state index >= 15 is 0 Å². The average molecular weight is 415 g/mol. The molecule has 30 heavy (non-hydrogen) atoms. The van der Waals surface area contributed by atoms with Gasteiger partial charge in [-0.2, -0.15) is 4.98 Å². The summed E-state index contributed by atoms with van der Waals surface area (Å²) in [4.78, 5) is 31.8. The van der Waals surface area contributed by atoms with E-state index in [1.165, 1.54) is 11.6 Å². The molecule has 0 bridgehead atoms. The van der Waals surface area contributed by atoms with Crippen LogP contribution in [0.4, 0.5) is 5.95 Å². The van der Waals surface area contributed by atoms with Crippen LogP contribution in [-0.4, -0.2) is 49.6 Å². The Morgan fingerprint density at radius 2 is 1.73 bits per heavy atom. The van der Waals surface area contributed by atoms with Crippen molar-refractivity contribution in [1.82, 2.24) is 18.7 Å². The van der Waals surface area contributed by atoms with Gasteiger partial charge < -0.3 is 19.3 Å².